The fourth-order valence-electron chi connectivity index (χ4n) is 0.806. The predicted molar refractivity (Wildman–Crippen MR) is 33.5 cm³/mol. The van der Waals surface area contributed by atoms with Gasteiger partial charge < -0.3 is 0 Å². The van der Waals surface area contributed by atoms with Gasteiger partial charge in [0.2, 0.25) is 5.82 Å². The van der Waals surface area contributed by atoms with E-state index < -0.39 is 17.7 Å². The first kappa shape index (κ1) is 8.82. The van der Waals surface area contributed by atoms with Crippen molar-refractivity contribution >= 4 is 0 Å². The molecule has 12 heavy (non-hydrogen) atoms. The van der Waals surface area contributed by atoms with Crippen LogP contribution in [0.1, 0.15) is 5.82 Å². The monoisotopic (exact) mass is 181 g/mol. The van der Waals surface area contributed by atoms with Gasteiger partial charge in [-0.25, -0.2) is 9.48 Å². The van der Waals surface area contributed by atoms with E-state index >= 15 is 0 Å². The van der Waals surface area contributed by atoms with Crippen molar-refractivity contribution in [1.29, 1.82) is 0 Å². The van der Waals surface area contributed by atoms with Crippen molar-refractivity contribution in [1.82, 2.24) is 14.3 Å². The fraction of sp³-hybridized carbons (Fsp3) is 0.600. The summed E-state index contributed by atoms with van der Waals surface area (Å²) in [6.45, 7) is 0. The molecule has 0 atom stereocenters. The fourth-order valence-corrected chi connectivity index (χ4v) is 0.806. The zero-order chi connectivity index (χ0) is 9.52. The van der Waals surface area contributed by atoms with Gasteiger partial charge in [-0.1, -0.05) is 0 Å². The van der Waals surface area contributed by atoms with E-state index in [-0.39, 0.29) is 0 Å². The van der Waals surface area contributed by atoms with E-state index in [1.54, 1.807) is 0 Å². The molecule has 7 heteroatoms. The lowest BCUT2D eigenvalue weighted by Crippen LogP contribution is -2.22. The van der Waals surface area contributed by atoms with Crippen LogP contribution in [0, 0.1) is 0 Å². The van der Waals surface area contributed by atoms with Crippen molar-refractivity contribution in [2.45, 2.75) is 6.18 Å². The Bertz CT molecular complexity index is 348. The summed E-state index contributed by atoms with van der Waals surface area (Å²) in [6.07, 6.45) is -4.57. The number of hydrogen-bond acceptors (Lipinski definition) is 2. The van der Waals surface area contributed by atoms with Gasteiger partial charge in [-0.3, -0.25) is 4.57 Å². The van der Waals surface area contributed by atoms with Crippen LogP contribution in [0.2, 0.25) is 0 Å². The lowest BCUT2D eigenvalue weighted by atomic mass is 10.6. The molecule has 0 unspecified atom stereocenters. The van der Waals surface area contributed by atoms with Crippen molar-refractivity contribution in [2.75, 3.05) is 0 Å². The second-order valence-corrected chi connectivity index (χ2v) is 2.29. The van der Waals surface area contributed by atoms with Gasteiger partial charge in [0.15, 0.2) is 0 Å². The van der Waals surface area contributed by atoms with Gasteiger partial charge in [0.1, 0.15) is 0 Å². The minimum absolute atomic E-state index is 0.458. The second-order valence-electron chi connectivity index (χ2n) is 2.29. The van der Waals surface area contributed by atoms with Crippen LogP contribution < -0.4 is 5.69 Å². The molecule has 0 aromatic carbocycles. The molecule has 1 aromatic heterocycles. The van der Waals surface area contributed by atoms with E-state index in [9.17, 15) is 18.0 Å². The van der Waals surface area contributed by atoms with E-state index in [1.807, 2.05) is 0 Å². The first-order chi connectivity index (χ1) is 5.34. The van der Waals surface area contributed by atoms with Crippen LogP contribution >= 0.6 is 0 Å². The third-order valence-corrected chi connectivity index (χ3v) is 1.38. The number of hydrogen-bond donors (Lipinski definition) is 0. The standard InChI is InChI=1S/C5H6F3N3O/c1-10-3(5(6,7)8)9-11(2)4(10)12/h1-2H3. The van der Waals surface area contributed by atoms with Gasteiger partial charge in [-0.2, -0.15) is 13.2 Å². The highest BCUT2D eigenvalue weighted by Crippen LogP contribution is 2.25. The Morgan fingerprint density at radius 1 is 1.33 bits per heavy atom. The Balaban J connectivity index is 3.38. The van der Waals surface area contributed by atoms with E-state index in [2.05, 4.69) is 5.10 Å². The molecule has 1 rings (SSSR count). The van der Waals surface area contributed by atoms with Crippen LogP contribution in [0.4, 0.5) is 13.2 Å². The highest BCUT2D eigenvalue weighted by atomic mass is 19.4. The molecular formula is C5H6F3N3O. The third-order valence-electron chi connectivity index (χ3n) is 1.38. The normalized spacial score (nSPS) is 12.1. The van der Waals surface area contributed by atoms with Crippen LogP contribution in [-0.4, -0.2) is 14.3 Å². The van der Waals surface area contributed by atoms with E-state index in [0.29, 0.717) is 9.25 Å². The molecule has 0 bridgehead atoms. The maximum absolute atomic E-state index is 12.0. The maximum atomic E-state index is 12.0. The van der Waals surface area contributed by atoms with Gasteiger partial charge in [0.05, 0.1) is 0 Å². The quantitative estimate of drug-likeness (QED) is 0.571. The van der Waals surface area contributed by atoms with E-state index in [1.165, 1.54) is 0 Å². The molecule has 0 aliphatic rings. The molecule has 0 amide bonds. The summed E-state index contributed by atoms with van der Waals surface area (Å²) in [5.41, 5.74) is -0.790. The van der Waals surface area contributed by atoms with Crippen LogP contribution in [0.3, 0.4) is 0 Å². The summed E-state index contributed by atoms with van der Waals surface area (Å²) in [5.74, 6) is -1.19. The molecule has 0 saturated heterocycles. The molecule has 4 nitrogen and oxygen atoms in total. The molecule has 0 saturated carbocycles. The van der Waals surface area contributed by atoms with Crippen LogP contribution in [0.5, 0.6) is 0 Å². The molecule has 0 aliphatic heterocycles. The number of alkyl halides is 3. The van der Waals surface area contributed by atoms with Gasteiger partial charge in [0, 0.05) is 14.1 Å². The number of halogens is 3. The third kappa shape index (κ3) is 1.21. The minimum atomic E-state index is -4.57. The molecular weight excluding hydrogens is 175 g/mol. The number of aryl methyl sites for hydroxylation is 1. The predicted octanol–water partition coefficient (Wildman–Crippen LogP) is 0.138. The molecule has 0 aliphatic carbocycles. The van der Waals surface area contributed by atoms with Crippen molar-refractivity contribution in [3.05, 3.63) is 16.3 Å². The van der Waals surface area contributed by atoms with Gasteiger partial charge >= 0.3 is 11.9 Å². The average Bonchev–Trinajstić information content (AvgIpc) is 2.15. The Morgan fingerprint density at radius 2 is 1.83 bits per heavy atom. The minimum Gasteiger partial charge on any atom is -0.274 e. The second kappa shape index (κ2) is 2.36. The Hall–Kier alpha value is -1.27. The molecule has 0 N–H and O–H groups in total. The van der Waals surface area contributed by atoms with Crippen LogP contribution in [0.25, 0.3) is 0 Å². The van der Waals surface area contributed by atoms with Gasteiger partial charge in [0.25, 0.3) is 0 Å². The van der Waals surface area contributed by atoms with Crippen molar-refractivity contribution in [3.8, 4) is 0 Å². The average molecular weight is 181 g/mol. The Labute approximate surface area is 65.2 Å². The van der Waals surface area contributed by atoms with Crippen LogP contribution in [0.15, 0.2) is 4.79 Å². The van der Waals surface area contributed by atoms with E-state index in [4.69, 9.17) is 0 Å². The van der Waals surface area contributed by atoms with E-state index in [0.717, 1.165) is 14.1 Å². The zero-order valence-corrected chi connectivity index (χ0v) is 6.38. The Morgan fingerprint density at radius 3 is 2.00 bits per heavy atom. The topological polar surface area (TPSA) is 39.8 Å². The molecule has 68 valence electrons. The summed E-state index contributed by atoms with van der Waals surface area (Å²) in [7, 11) is 2.19. The highest BCUT2D eigenvalue weighted by Gasteiger charge is 2.37. The molecule has 0 radical (unpaired) electrons. The lowest BCUT2D eigenvalue weighted by Gasteiger charge is -2.02. The Kier molecular flexibility index (Phi) is 1.73. The summed E-state index contributed by atoms with van der Waals surface area (Å²) >= 11 is 0. The van der Waals surface area contributed by atoms with Crippen LogP contribution in [-0.2, 0) is 20.3 Å². The highest BCUT2D eigenvalue weighted by molar-refractivity contribution is 4.91. The van der Waals surface area contributed by atoms with Gasteiger partial charge in [-0.15, -0.1) is 5.10 Å². The SMILES string of the molecule is Cn1nc(C(F)(F)F)n(C)c1=O. The van der Waals surface area contributed by atoms with Gasteiger partial charge in [-0.05, 0) is 0 Å². The lowest BCUT2D eigenvalue weighted by molar-refractivity contribution is -0.147. The van der Waals surface area contributed by atoms with Crippen molar-refractivity contribution < 1.29 is 13.2 Å². The molecule has 1 aromatic rings. The molecule has 1 heterocycles. The number of rotatable bonds is 0. The smallest absolute Gasteiger partial charge is 0.274 e. The zero-order valence-electron chi connectivity index (χ0n) is 6.38. The maximum Gasteiger partial charge on any atom is 0.451 e. The largest absolute Gasteiger partial charge is 0.451 e. The summed E-state index contributed by atoms with van der Waals surface area (Å²) in [5, 5.41) is 3.02. The van der Waals surface area contributed by atoms with Crippen molar-refractivity contribution in [3.63, 3.8) is 0 Å². The number of aromatic nitrogens is 3. The summed E-state index contributed by atoms with van der Waals surface area (Å²) in [6, 6.07) is 0. The van der Waals surface area contributed by atoms with Crippen molar-refractivity contribution in [2.24, 2.45) is 14.1 Å². The first-order valence-electron chi connectivity index (χ1n) is 3.01. The summed E-state index contributed by atoms with van der Waals surface area (Å²) in [4.78, 5) is 10.8. The molecule has 0 spiro atoms. The number of nitrogens with zero attached hydrogens (tertiary/aromatic N) is 3. The first-order valence-corrected chi connectivity index (χ1v) is 3.01. The summed E-state index contributed by atoms with van der Waals surface area (Å²) < 4.78 is 37.1. The molecule has 0 fully saturated rings.